The highest BCUT2D eigenvalue weighted by Gasteiger charge is 2.25. The van der Waals surface area contributed by atoms with E-state index >= 15 is 0 Å². The van der Waals surface area contributed by atoms with Crippen LogP contribution in [0.15, 0.2) is 34.1 Å². The molecule has 148 valence electrons. The zero-order chi connectivity index (χ0) is 20.2. The number of carbonyl (C=O) groups excluding carboxylic acids is 1. The molecule has 1 heterocycles. The predicted octanol–water partition coefficient (Wildman–Crippen LogP) is 1.16. The normalized spacial score (nSPS) is 12.1. The standard InChI is InChI=1S/C14H18N4O6S3/c1-4-18(5-2)27(22,23)11-8-6-7-10(9-11)26(20,21)17-14-15-12(16-25-14)13(19)24-3/h6-9H,4-5H2,1-3H3,(H,15,16,17). The fourth-order valence-corrected chi connectivity index (χ4v) is 5.53. The molecule has 0 fully saturated rings. The van der Waals surface area contributed by atoms with Gasteiger partial charge >= 0.3 is 5.97 Å². The second kappa shape index (κ2) is 8.29. The molecular formula is C14H18N4O6S3. The van der Waals surface area contributed by atoms with Gasteiger partial charge in [0.15, 0.2) is 0 Å². The van der Waals surface area contributed by atoms with Crippen LogP contribution in [0.5, 0.6) is 0 Å². The van der Waals surface area contributed by atoms with Crippen LogP contribution in [0.3, 0.4) is 0 Å². The molecule has 27 heavy (non-hydrogen) atoms. The summed E-state index contributed by atoms with van der Waals surface area (Å²) < 4.78 is 61.8. The van der Waals surface area contributed by atoms with Gasteiger partial charge in [-0.05, 0) is 18.2 Å². The summed E-state index contributed by atoms with van der Waals surface area (Å²) in [6, 6.07) is 4.99. The number of esters is 1. The Morgan fingerprint density at radius 3 is 2.41 bits per heavy atom. The average Bonchev–Trinajstić information content (AvgIpc) is 3.09. The monoisotopic (exact) mass is 434 g/mol. The molecule has 2 rings (SSSR count). The highest BCUT2D eigenvalue weighted by molar-refractivity contribution is 7.93. The first kappa shape index (κ1) is 21.2. The zero-order valence-corrected chi connectivity index (χ0v) is 17.2. The summed E-state index contributed by atoms with van der Waals surface area (Å²) in [5.41, 5.74) is 0. The first-order chi connectivity index (χ1) is 12.7. The maximum absolute atomic E-state index is 12.6. The van der Waals surface area contributed by atoms with E-state index in [1.807, 2.05) is 0 Å². The summed E-state index contributed by atoms with van der Waals surface area (Å²) in [5.74, 6) is -1.08. The number of benzene rings is 1. The second-order valence-corrected chi connectivity index (χ2v) is 9.46. The molecule has 1 N–H and O–H groups in total. The van der Waals surface area contributed by atoms with Gasteiger partial charge in [0.1, 0.15) is 0 Å². The van der Waals surface area contributed by atoms with Crippen molar-refractivity contribution < 1.29 is 26.4 Å². The number of nitrogens with zero attached hydrogens (tertiary/aromatic N) is 3. The van der Waals surface area contributed by atoms with E-state index in [2.05, 4.69) is 18.8 Å². The van der Waals surface area contributed by atoms with Crippen LogP contribution >= 0.6 is 11.5 Å². The van der Waals surface area contributed by atoms with Crippen LogP contribution in [0.2, 0.25) is 0 Å². The molecule has 0 aliphatic rings. The molecule has 10 nitrogen and oxygen atoms in total. The number of aromatic nitrogens is 2. The van der Waals surface area contributed by atoms with Crippen LogP contribution in [0.25, 0.3) is 0 Å². The number of hydrogen-bond acceptors (Lipinski definition) is 9. The lowest BCUT2D eigenvalue weighted by Crippen LogP contribution is -2.30. The third kappa shape index (κ3) is 4.61. The van der Waals surface area contributed by atoms with Gasteiger partial charge in [0.2, 0.25) is 15.2 Å². The van der Waals surface area contributed by atoms with Crippen molar-refractivity contribution in [1.29, 1.82) is 0 Å². The topological polar surface area (TPSA) is 136 Å². The van der Waals surface area contributed by atoms with E-state index in [0.29, 0.717) is 11.5 Å². The van der Waals surface area contributed by atoms with E-state index < -0.39 is 26.0 Å². The van der Waals surface area contributed by atoms with Crippen LogP contribution in [0.4, 0.5) is 5.13 Å². The van der Waals surface area contributed by atoms with Gasteiger partial charge in [0.25, 0.3) is 15.8 Å². The van der Waals surface area contributed by atoms with Crippen molar-refractivity contribution >= 4 is 42.7 Å². The maximum atomic E-state index is 12.6. The minimum absolute atomic E-state index is 0.137. The highest BCUT2D eigenvalue weighted by atomic mass is 32.2. The van der Waals surface area contributed by atoms with E-state index in [-0.39, 0.29) is 33.8 Å². The summed E-state index contributed by atoms with van der Waals surface area (Å²) >= 11 is 0.658. The molecule has 0 radical (unpaired) electrons. The molecule has 0 aliphatic carbocycles. The van der Waals surface area contributed by atoms with E-state index in [4.69, 9.17) is 0 Å². The van der Waals surface area contributed by atoms with Crippen molar-refractivity contribution in [1.82, 2.24) is 13.7 Å². The number of anilines is 1. The third-order valence-corrected chi connectivity index (χ3v) is 7.62. The van der Waals surface area contributed by atoms with Crippen LogP contribution in [-0.2, 0) is 24.8 Å². The Bertz CT molecular complexity index is 1030. The lowest BCUT2D eigenvalue weighted by Gasteiger charge is -2.18. The third-order valence-electron chi connectivity index (χ3n) is 3.47. The van der Waals surface area contributed by atoms with Crippen LogP contribution < -0.4 is 4.72 Å². The van der Waals surface area contributed by atoms with Crippen LogP contribution in [0.1, 0.15) is 24.5 Å². The van der Waals surface area contributed by atoms with Crippen molar-refractivity contribution in [3.05, 3.63) is 30.1 Å². The fraction of sp³-hybridized carbons (Fsp3) is 0.357. The van der Waals surface area contributed by atoms with Gasteiger partial charge in [-0.15, -0.1) is 0 Å². The van der Waals surface area contributed by atoms with E-state index in [9.17, 15) is 21.6 Å². The van der Waals surface area contributed by atoms with Crippen molar-refractivity contribution in [2.75, 3.05) is 24.9 Å². The molecule has 2 aromatic rings. The molecule has 1 aromatic carbocycles. The number of carbonyl (C=O) groups is 1. The maximum Gasteiger partial charge on any atom is 0.377 e. The smallest absolute Gasteiger partial charge is 0.377 e. The van der Waals surface area contributed by atoms with Crippen LogP contribution in [-0.4, -0.2) is 56.7 Å². The number of ether oxygens (including phenoxy) is 1. The number of sulfonamides is 2. The van der Waals surface area contributed by atoms with Gasteiger partial charge in [-0.2, -0.15) is 13.7 Å². The van der Waals surface area contributed by atoms with Gasteiger partial charge < -0.3 is 4.74 Å². The first-order valence-corrected chi connectivity index (χ1v) is 11.4. The van der Waals surface area contributed by atoms with Crippen molar-refractivity contribution in [2.24, 2.45) is 0 Å². The molecule has 0 aliphatic heterocycles. The number of rotatable bonds is 8. The summed E-state index contributed by atoms with van der Waals surface area (Å²) in [6.07, 6.45) is 0. The highest BCUT2D eigenvalue weighted by Crippen LogP contribution is 2.22. The number of methoxy groups -OCH3 is 1. The van der Waals surface area contributed by atoms with Gasteiger partial charge in [0, 0.05) is 24.6 Å². The van der Waals surface area contributed by atoms with Crippen molar-refractivity contribution in [3.8, 4) is 0 Å². The molecular weight excluding hydrogens is 416 g/mol. The molecule has 0 spiro atoms. The Kier molecular flexibility index (Phi) is 6.51. The Labute approximate surface area is 161 Å². The molecule has 0 atom stereocenters. The van der Waals surface area contributed by atoms with E-state index in [0.717, 1.165) is 13.2 Å². The van der Waals surface area contributed by atoms with Crippen LogP contribution in [0, 0.1) is 0 Å². The summed E-state index contributed by atoms with van der Waals surface area (Å²) in [7, 11) is -6.80. The predicted molar refractivity (Wildman–Crippen MR) is 98.6 cm³/mol. The van der Waals surface area contributed by atoms with E-state index in [1.165, 1.54) is 22.5 Å². The van der Waals surface area contributed by atoms with Gasteiger partial charge in [-0.3, -0.25) is 4.72 Å². The van der Waals surface area contributed by atoms with Crippen molar-refractivity contribution in [3.63, 3.8) is 0 Å². The lowest BCUT2D eigenvalue weighted by atomic mass is 10.4. The molecule has 0 saturated heterocycles. The molecule has 0 saturated carbocycles. The van der Waals surface area contributed by atoms with E-state index in [1.54, 1.807) is 13.8 Å². The molecule has 13 heteroatoms. The lowest BCUT2D eigenvalue weighted by molar-refractivity contribution is 0.0588. The molecule has 1 aromatic heterocycles. The van der Waals surface area contributed by atoms with Gasteiger partial charge in [0.05, 0.1) is 16.9 Å². The van der Waals surface area contributed by atoms with Crippen molar-refractivity contribution in [2.45, 2.75) is 23.6 Å². The Morgan fingerprint density at radius 2 is 1.81 bits per heavy atom. The Morgan fingerprint density at radius 1 is 1.19 bits per heavy atom. The SMILES string of the molecule is CCN(CC)S(=O)(=O)c1cccc(S(=O)(=O)Nc2nc(C(=O)OC)ns2)c1. The summed E-state index contributed by atoms with van der Waals surface area (Å²) in [4.78, 5) is 14.7. The number of nitrogens with one attached hydrogen (secondary N) is 1. The average molecular weight is 435 g/mol. The molecule has 0 amide bonds. The van der Waals surface area contributed by atoms with Gasteiger partial charge in [-0.1, -0.05) is 19.9 Å². The Balaban J connectivity index is 2.35. The molecule has 0 bridgehead atoms. The summed E-state index contributed by atoms with van der Waals surface area (Å²) in [6.45, 7) is 3.90. The minimum Gasteiger partial charge on any atom is -0.463 e. The quantitative estimate of drug-likeness (QED) is 0.611. The first-order valence-electron chi connectivity index (χ1n) is 7.70. The molecule has 0 unspecified atom stereocenters. The fourth-order valence-electron chi connectivity index (χ4n) is 2.13. The zero-order valence-electron chi connectivity index (χ0n) is 14.7. The number of hydrogen-bond donors (Lipinski definition) is 1. The largest absolute Gasteiger partial charge is 0.463 e. The second-order valence-electron chi connectivity index (χ2n) is 5.08. The van der Waals surface area contributed by atoms with Gasteiger partial charge in [-0.25, -0.2) is 21.6 Å². The summed E-state index contributed by atoms with van der Waals surface area (Å²) in [5, 5.41) is -0.146. The minimum atomic E-state index is -4.13. The Hall–Kier alpha value is -2.09.